The van der Waals surface area contributed by atoms with Crippen LogP contribution in [0.3, 0.4) is 0 Å². The molecule has 0 aliphatic rings. The first-order valence-corrected chi connectivity index (χ1v) is 7.34. The van der Waals surface area contributed by atoms with E-state index in [-0.39, 0.29) is 11.3 Å². The lowest BCUT2D eigenvalue weighted by molar-refractivity contribution is -0.132. The van der Waals surface area contributed by atoms with Gasteiger partial charge in [-0.15, -0.1) is 0 Å². The maximum Gasteiger partial charge on any atom is 0.341 e. The first-order chi connectivity index (χ1) is 11.4. The van der Waals surface area contributed by atoms with Crippen LogP contribution in [0.1, 0.15) is 16.7 Å². The molecule has 2 N–H and O–H groups in total. The van der Waals surface area contributed by atoms with E-state index in [4.69, 9.17) is 4.74 Å². The van der Waals surface area contributed by atoms with Crippen molar-refractivity contribution in [1.29, 1.82) is 0 Å². The Morgan fingerprint density at radius 1 is 1.04 bits per heavy atom. The first kappa shape index (κ1) is 17.3. The number of aliphatic carboxylic acids is 1. The number of aliphatic hydroxyl groups is 1. The second-order valence-electron chi connectivity index (χ2n) is 5.32. The fourth-order valence-corrected chi connectivity index (χ4v) is 2.07. The monoisotopic (exact) mass is 325 g/mol. The topological polar surface area (TPSA) is 79.1 Å². The minimum Gasteiger partial charge on any atom is -0.506 e. The SMILES string of the molecule is COc1ccc(N=CC(C(=O)O)=C(O)c2ccc(C)c(C)c2)cc1. The molecule has 124 valence electrons. The highest BCUT2D eigenvalue weighted by atomic mass is 16.5. The van der Waals surface area contributed by atoms with Crippen molar-refractivity contribution in [2.45, 2.75) is 13.8 Å². The predicted octanol–water partition coefficient (Wildman–Crippen LogP) is 4.07. The lowest BCUT2D eigenvalue weighted by Crippen LogP contribution is -2.06. The van der Waals surface area contributed by atoms with Gasteiger partial charge in [-0.05, 0) is 55.3 Å². The van der Waals surface area contributed by atoms with Gasteiger partial charge in [-0.3, -0.25) is 4.99 Å². The van der Waals surface area contributed by atoms with E-state index in [9.17, 15) is 15.0 Å². The van der Waals surface area contributed by atoms with Crippen molar-refractivity contribution in [2.75, 3.05) is 7.11 Å². The van der Waals surface area contributed by atoms with Crippen LogP contribution in [0.25, 0.3) is 5.76 Å². The molecular formula is C19H19NO4. The molecule has 5 heteroatoms. The number of methoxy groups -OCH3 is 1. The van der Waals surface area contributed by atoms with Crippen LogP contribution in [-0.4, -0.2) is 29.5 Å². The fourth-order valence-electron chi connectivity index (χ4n) is 2.07. The summed E-state index contributed by atoms with van der Waals surface area (Å²) in [7, 11) is 1.56. The molecule has 0 unspecified atom stereocenters. The number of aryl methyl sites for hydroxylation is 2. The molecule has 2 rings (SSSR count). The second kappa shape index (κ2) is 7.46. The van der Waals surface area contributed by atoms with Crippen LogP contribution in [0.15, 0.2) is 53.0 Å². The highest BCUT2D eigenvalue weighted by molar-refractivity contribution is 6.14. The van der Waals surface area contributed by atoms with Crippen molar-refractivity contribution in [3.8, 4) is 5.75 Å². The summed E-state index contributed by atoms with van der Waals surface area (Å²) in [5, 5.41) is 19.7. The van der Waals surface area contributed by atoms with E-state index in [1.54, 1.807) is 43.5 Å². The van der Waals surface area contributed by atoms with Crippen molar-refractivity contribution in [1.82, 2.24) is 0 Å². The highest BCUT2D eigenvalue weighted by Crippen LogP contribution is 2.21. The summed E-state index contributed by atoms with van der Waals surface area (Å²) in [6.07, 6.45) is 1.15. The average Bonchev–Trinajstić information content (AvgIpc) is 2.57. The Morgan fingerprint density at radius 2 is 1.71 bits per heavy atom. The predicted molar refractivity (Wildman–Crippen MR) is 94.2 cm³/mol. The minimum atomic E-state index is -1.25. The van der Waals surface area contributed by atoms with Crippen LogP contribution < -0.4 is 4.74 Å². The van der Waals surface area contributed by atoms with Gasteiger partial charge in [0.1, 0.15) is 17.1 Å². The van der Waals surface area contributed by atoms with Crippen LogP contribution in [0.5, 0.6) is 5.75 Å². The lowest BCUT2D eigenvalue weighted by atomic mass is 10.0. The summed E-state index contributed by atoms with van der Waals surface area (Å²) < 4.78 is 5.05. The van der Waals surface area contributed by atoms with Crippen molar-refractivity contribution in [2.24, 2.45) is 4.99 Å². The molecule has 0 saturated heterocycles. The van der Waals surface area contributed by atoms with Crippen LogP contribution in [0.4, 0.5) is 5.69 Å². The molecule has 0 spiro atoms. The molecule has 0 fully saturated rings. The largest absolute Gasteiger partial charge is 0.506 e. The van der Waals surface area contributed by atoms with Crippen LogP contribution >= 0.6 is 0 Å². The van der Waals surface area contributed by atoms with Gasteiger partial charge in [-0.2, -0.15) is 0 Å². The van der Waals surface area contributed by atoms with E-state index >= 15 is 0 Å². The Labute approximate surface area is 140 Å². The number of aliphatic hydroxyl groups excluding tert-OH is 1. The number of carbonyl (C=O) groups is 1. The summed E-state index contributed by atoms with van der Waals surface area (Å²) in [5.41, 5.74) is 2.76. The maximum absolute atomic E-state index is 11.5. The minimum absolute atomic E-state index is 0.269. The van der Waals surface area contributed by atoms with Crippen LogP contribution in [0.2, 0.25) is 0 Å². The molecular weight excluding hydrogens is 306 g/mol. The molecule has 0 aliphatic carbocycles. The van der Waals surface area contributed by atoms with Gasteiger partial charge >= 0.3 is 5.97 Å². The third kappa shape index (κ3) is 4.01. The Bertz CT molecular complexity index is 805. The molecule has 0 saturated carbocycles. The molecule has 2 aromatic carbocycles. The van der Waals surface area contributed by atoms with Gasteiger partial charge in [0.15, 0.2) is 0 Å². The first-order valence-electron chi connectivity index (χ1n) is 7.34. The molecule has 0 amide bonds. The standard InChI is InChI=1S/C19H19NO4/c1-12-4-5-14(10-13(12)2)18(21)17(19(22)23)11-20-15-6-8-16(24-3)9-7-15/h4-11,21H,1-3H3,(H,22,23). The molecule has 0 aromatic heterocycles. The third-order valence-corrected chi connectivity index (χ3v) is 3.68. The quantitative estimate of drug-likeness (QED) is 0.493. The average molecular weight is 325 g/mol. The van der Waals surface area contributed by atoms with Crippen LogP contribution in [-0.2, 0) is 4.79 Å². The maximum atomic E-state index is 11.5. The normalized spacial score (nSPS) is 12.1. The summed E-state index contributed by atoms with van der Waals surface area (Å²) in [6, 6.07) is 12.1. The van der Waals surface area contributed by atoms with E-state index in [1.165, 1.54) is 0 Å². The van der Waals surface area contributed by atoms with Gasteiger partial charge in [0, 0.05) is 11.8 Å². The van der Waals surface area contributed by atoms with E-state index < -0.39 is 5.97 Å². The number of benzene rings is 2. The van der Waals surface area contributed by atoms with E-state index in [0.717, 1.165) is 17.3 Å². The van der Waals surface area contributed by atoms with Gasteiger partial charge in [-0.25, -0.2) is 4.79 Å². The molecule has 0 radical (unpaired) electrons. The van der Waals surface area contributed by atoms with Crippen molar-refractivity contribution < 1.29 is 19.7 Å². The van der Waals surface area contributed by atoms with E-state index in [0.29, 0.717) is 17.0 Å². The number of hydrogen-bond acceptors (Lipinski definition) is 4. The molecule has 5 nitrogen and oxygen atoms in total. The number of nitrogens with zero attached hydrogens (tertiary/aromatic N) is 1. The second-order valence-corrected chi connectivity index (χ2v) is 5.32. The lowest BCUT2D eigenvalue weighted by Gasteiger charge is -2.06. The number of hydrogen-bond donors (Lipinski definition) is 2. The van der Waals surface area contributed by atoms with Crippen molar-refractivity contribution in [3.63, 3.8) is 0 Å². The van der Waals surface area contributed by atoms with Crippen molar-refractivity contribution in [3.05, 3.63) is 64.7 Å². The number of carboxylic acid groups (broad SMARTS) is 1. The number of rotatable bonds is 5. The molecule has 0 heterocycles. The summed E-state index contributed by atoms with van der Waals surface area (Å²) in [4.78, 5) is 15.6. The molecule has 2 aromatic rings. The Hall–Kier alpha value is -3.08. The zero-order valence-electron chi connectivity index (χ0n) is 13.8. The Morgan fingerprint density at radius 3 is 2.25 bits per heavy atom. The van der Waals surface area contributed by atoms with Gasteiger partial charge in [0.25, 0.3) is 0 Å². The molecule has 0 bridgehead atoms. The Balaban J connectivity index is 2.37. The van der Waals surface area contributed by atoms with Gasteiger partial charge < -0.3 is 14.9 Å². The smallest absolute Gasteiger partial charge is 0.341 e. The fraction of sp³-hybridized carbons (Fsp3) is 0.158. The van der Waals surface area contributed by atoms with Gasteiger partial charge in [0.2, 0.25) is 0 Å². The summed E-state index contributed by atoms with van der Waals surface area (Å²) >= 11 is 0. The van der Waals surface area contributed by atoms with Gasteiger partial charge in [0.05, 0.1) is 12.8 Å². The van der Waals surface area contributed by atoms with E-state index in [1.807, 2.05) is 19.9 Å². The van der Waals surface area contributed by atoms with Gasteiger partial charge in [-0.1, -0.05) is 12.1 Å². The zero-order chi connectivity index (χ0) is 17.7. The zero-order valence-corrected chi connectivity index (χ0v) is 13.8. The number of aliphatic imine (C=N–C) groups is 1. The van der Waals surface area contributed by atoms with Crippen molar-refractivity contribution >= 4 is 23.6 Å². The summed E-state index contributed by atoms with van der Waals surface area (Å²) in [5.74, 6) is -0.883. The molecule has 0 aliphatic heterocycles. The molecule has 0 atom stereocenters. The Kier molecular flexibility index (Phi) is 5.37. The van der Waals surface area contributed by atoms with Crippen LogP contribution in [0, 0.1) is 13.8 Å². The number of carboxylic acids is 1. The van der Waals surface area contributed by atoms with E-state index in [2.05, 4.69) is 4.99 Å². The third-order valence-electron chi connectivity index (χ3n) is 3.68. The number of ether oxygens (including phenoxy) is 1. The molecule has 24 heavy (non-hydrogen) atoms. The highest BCUT2D eigenvalue weighted by Gasteiger charge is 2.14. The summed E-state index contributed by atoms with van der Waals surface area (Å²) in [6.45, 7) is 3.85.